The minimum Gasteiger partial charge on any atom is -0.507 e. The Morgan fingerprint density at radius 3 is 2.71 bits per heavy atom. The van der Waals surface area contributed by atoms with Gasteiger partial charge in [-0.1, -0.05) is 6.07 Å². The summed E-state index contributed by atoms with van der Waals surface area (Å²) in [5, 5.41) is 21.7. The van der Waals surface area contributed by atoms with Gasteiger partial charge in [0.2, 0.25) is 0 Å². The Morgan fingerprint density at radius 2 is 2.18 bits per heavy atom. The molecule has 0 aliphatic heterocycles. The first kappa shape index (κ1) is 13.3. The summed E-state index contributed by atoms with van der Waals surface area (Å²) < 4.78 is 5.00. The molecule has 0 fully saturated rings. The molecule has 1 rings (SSSR count). The number of aromatic hydroxyl groups is 1. The lowest BCUT2D eigenvalue weighted by Crippen LogP contribution is -2.27. The molecular formula is C13H18N2O2. The molecule has 0 radical (unpaired) electrons. The molecule has 0 bridgehead atoms. The fourth-order valence-corrected chi connectivity index (χ4v) is 1.37. The van der Waals surface area contributed by atoms with E-state index in [9.17, 15) is 5.11 Å². The Morgan fingerprint density at radius 1 is 1.47 bits per heavy atom. The van der Waals surface area contributed by atoms with Crippen LogP contribution in [0.15, 0.2) is 18.2 Å². The molecule has 0 atom stereocenters. The normalized spacial score (nSPS) is 10.9. The van der Waals surface area contributed by atoms with E-state index in [1.165, 1.54) is 0 Å². The van der Waals surface area contributed by atoms with Crippen LogP contribution in [0.1, 0.15) is 19.4 Å². The highest BCUT2D eigenvalue weighted by Crippen LogP contribution is 2.23. The average Bonchev–Trinajstić information content (AvgIpc) is 2.31. The van der Waals surface area contributed by atoms with E-state index >= 15 is 0 Å². The molecule has 0 unspecified atom stereocenters. The second kappa shape index (κ2) is 5.55. The molecule has 1 aromatic rings. The van der Waals surface area contributed by atoms with Crippen LogP contribution in [0.4, 0.5) is 0 Å². The highest BCUT2D eigenvalue weighted by Gasteiger charge is 2.15. The van der Waals surface area contributed by atoms with Crippen molar-refractivity contribution in [3.63, 3.8) is 0 Å². The van der Waals surface area contributed by atoms with Crippen LogP contribution >= 0.6 is 0 Å². The summed E-state index contributed by atoms with van der Waals surface area (Å²) in [4.78, 5) is 0. The Hall–Kier alpha value is -1.73. The number of rotatable bonds is 5. The van der Waals surface area contributed by atoms with Gasteiger partial charge < -0.3 is 15.2 Å². The Kier molecular flexibility index (Phi) is 4.36. The summed E-state index contributed by atoms with van der Waals surface area (Å²) in [6.45, 7) is 4.84. The van der Waals surface area contributed by atoms with Crippen LogP contribution in [0.2, 0.25) is 0 Å². The summed E-state index contributed by atoms with van der Waals surface area (Å²) in [5.74, 6) is 0.829. The standard InChI is InChI=1S/C13H18N2O2/c1-13(2,8-14)9-15-7-10-4-5-11(17-3)6-12(10)16/h4-6,15-16H,7,9H2,1-3H3. The van der Waals surface area contributed by atoms with Crippen molar-refractivity contribution in [1.29, 1.82) is 5.26 Å². The van der Waals surface area contributed by atoms with Crippen LogP contribution in [0.25, 0.3) is 0 Å². The summed E-state index contributed by atoms with van der Waals surface area (Å²) in [6, 6.07) is 7.40. The molecule has 0 aliphatic carbocycles. The molecule has 4 nitrogen and oxygen atoms in total. The zero-order valence-corrected chi connectivity index (χ0v) is 10.4. The summed E-state index contributed by atoms with van der Waals surface area (Å²) in [5.41, 5.74) is 0.391. The topological polar surface area (TPSA) is 65.3 Å². The average molecular weight is 234 g/mol. The molecule has 0 saturated heterocycles. The molecule has 0 spiro atoms. The number of benzene rings is 1. The number of nitrogens with zero attached hydrogens (tertiary/aromatic N) is 1. The van der Waals surface area contributed by atoms with Crippen LogP contribution in [0.3, 0.4) is 0 Å². The largest absolute Gasteiger partial charge is 0.507 e. The second-order valence-electron chi connectivity index (χ2n) is 4.59. The first-order valence-corrected chi connectivity index (χ1v) is 5.46. The van der Waals surface area contributed by atoms with Gasteiger partial charge in [0.05, 0.1) is 18.6 Å². The lowest BCUT2D eigenvalue weighted by atomic mass is 9.96. The van der Waals surface area contributed by atoms with E-state index in [0.29, 0.717) is 18.8 Å². The number of ether oxygens (including phenoxy) is 1. The predicted molar refractivity (Wildman–Crippen MR) is 65.8 cm³/mol. The number of nitriles is 1. The molecule has 2 N–H and O–H groups in total. The van der Waals surface area contributed by atoms with E-state index in [1.807, 2.05) is 13.8 Å². The molecule has 0 aliphatic rings. The molecule has 0 aromatic heterocycles. The third kappa shape index (κ3) is 3.97. The fraction of sp³-hybridized carbons (Fsp3) is 0.462. The van der Waals surface area contributed by atoms with E-state index in [1.54, 1.807) is 25.3 Å². The number of methoxy groups -OCH3 is 1. The van der Waals surface area contributed by atoms with Gasteiger partial charge in [0, 0.05) is 24.7 Å². The van der Waals surface area contributed by atoms with Crippen molar-refractivity contribution in [1.82, 2.24) is 5.32 Å². The van der Waals surface area contributed by atoms with E-state index in [-0.39, 0.29) is 5.75 Å². The smallest absolute Gasteiger partial charge is 0.123 e. The first-order chi connectivity index (χ1) is 7.98. The van der Waals surface area contributed by atoms with Crippen LogP contribution in [-0.4, -0.2) is 18.8 Å². The van der Waals surface area contributed by atoms with Crippen molar-refractivity contribution in [3.8, 4) is 17.6 Å². The number of hydrogen-bond donors (Lipinski definition) is 2. The maximum atomic E-state index is 9.72. The number of phenolic OH excluding ortho intramolecular Hbond substituents is 1. The molecule has 4 heteroatoms. The third-order valence-corrected chi connectivity index (χ3v) is 2.48. The van der Waals surface area contributed by atoms with Gasteiger partial charge in [-0.15, -0.1) is 0 Å². The van der Waals surface area contributed by atoms with E-state index in [2.05, 4.69) is 11.4 Å². The zero-order chi connectivity index (χ0) is 12.9. The van der Waals surface area contributed by atoms with Crippen molar-refractivity contribution in [2.24, 2.45) is 5.41 Å². The van der Waals surface area contributed by atoms with Gasteiger partial charge in [0.15, 0.2) is 0 Å². The van der Waals surface area contributed by atoms with Crippen molar-refractivity contribution in [2.45, 2.75) is 20.4 Å². The van der Waals surface area contributed by atoms with Crippen LogP contribution < -0.4 is 10.1 Å². The van der Waals surface area contributed by atoms with Crippen molar-refractivity contribution in [2.75, 3.05) is 13.7 Å². The minimum atomic E-state index is -0.401. The van der Waals surface area contributed by atoms with Gasteiger partial charge in [0.25, 0.3) is 0 Å². The van der Waals surface area contributed by atoms with Crippen LogP contribution in [0, 0.1) is 16.7 Å². The SMILES string of the molecule is COc1ccc(CNCC(C)(C)C#N)c(O)c1. The zero-order valence-electron chi connectivity index (χ0n) is 10.4. The van der Waals surface area contributed by atoms with Gasteiger partial charge in [-0.05, 0) is 19.9 Å². The van der Waals surface area contributed by atoms with Gasteiger partial charge in [-0.3, -0.25) is 0 Å². The molecule has 1 aromatic carbocycles. The molecule has 17 heavy (non-hydrogen) atoms. The minimum absolute atomic E-state index is 0.201. The molecule has 0 heterocycles. The van der Waals surface area contributed by atoms with Crippen LogP contribution in [-0.2, 0) is 6.54 Å². The monoisotopic (exact) mass is 234 g/mol. The number of nitrogens with one attached hydrogen (secondary N) is 1. The molecule has 0 amide bonds. The summed E-state index contributed by atoms with van der Waals surface area (Å²) in [7, 11) is 1.56. The molecular weight excluding hydrogens is 216 g/mol. The summed E-state index contributed by atoms with van der Waals surface area (Å²) in [6.07, 6.45) is 0. The highest BCUT2D eigenvalue weighted by molar-refractivity contribution is 5.39. The molecule has 92 valence electrons. The van der Waals surface area contributed by atoms with Crippen molar-refractivity contribution in [3.05, 3.63) is 23.8 Å². The van der Waals surface area contributed by atoms with Crippen molar-refractivity contribution < 1.29 is 9.84 Å². The lowest BCUT2D eigenvalue weighted by molar-refractivity contribution is 0.404. The lowest BCUT2D eigenvalue weighted by Gasteiger charge is -2.16. The Balaban J connectivity index is 2.56. The second-order valence-corrected chi connectivity index (χ2v) is 4.59. The fourth-order valence-electron chi connectivity index (χ4n) is 1.37. The molecule has 0 saturated carbocycles. The van der Waals surface area contributed by atoms with Crippen LogP contribution in [0.5, 0.6) is 11.5 Å². The number of hydrogen-bond acceptors (Lipinski definition) is 4. The third-order valence-electron chi connectivity index (χ3n) is 2.48. The summed E-state index contributed by atoms with van der Waals surface area (Å²) >= 11 is 0. The first-order valence-electron chi connectivity index (χ1n) is 5.46. The van der Waals surface area contributed by atoms with Gasteiger partial charge in [-0.2, -0.15) is 5.26 Å². The predicted octanol–water partition coefficient (Wildman–Crippen LogP) is 2.04. The van der Waals surface area contributed by atoms with Gasteiger partial charge >= 0.3 is 0 Å². The van der Waals surface area contributed by atoms with E-state index in [4.69, 9.17) is 10.00 Å². The van der Waals surface area contributed by atoms with Gasteiger partial charge in [-0.25, -0.2) is 0 Å². The van der Waals surface area contributed by atoms with Gasteiger partial charge in [0.1, 0.15) is 11.5 Å². The maximum Gasteiger partial charge on any atom is 0.123 e. The Labute approximate surface area is 102 Å². The van der Waals surface area contributed by atoms with Crippen molar-refractivity contribution >= 4 is 0 Å². The maximum absolute atomic E-state index is 9.72. The quantitative estimate of drug-likeness (QED) is 0.818. The van der Waals surface area contributed by atoms with E-state index in [0.717, 1.165) is 5.56 Å². The Bertz CT molecular complexity index is 422. The van der Waals surface area contributed by atoms with E-state index < -0.39 is 5.41 Å². The number of phenols is 1. The highest BCUT2D eigenvalue weighted by atomic mass is 16.5.